The number of nitrogens with one attached hydrogen (secondary N) is 2. The van der Waals surface area contributed by atoms with Gasteiger partial charge >= 0.3 is 11.8 Å². The Bertz CT molecular complexity index is 416. The second-order valence-corrected chi connectivity index (χ2v) is 5.68. The molecule has 2 heterocycles. The normalized spacial score (nSPS) is 20.1. The van der Waals surface area contributed by atoms with E-state index in [2.05, 4.69) is 20.8 Å². The van der Waals surface area contributed by atoms with Crippen LogP contribution < -0.4 is 10.6 Å². The fraction of sp³-hybridized carbons (Fsp3) is 0.750. The van der Waals surface area contributed by atoms with E-state index < -0.39 is 0 Å². The first kappa shape index (κ1) is 13.0. The molecule has 18 heavy (non-hydrogen) atoms. The van der Waals surface area contributed by atoms with E-state index in [4.69, 9.17) is 4.52 Å². The van der Waals surface area contributed by atoms with Crippen molar-refractivity contribution >= 4 is 5.91 Å². The van der Waals surface area contributed by atoms with E-state index >= 15 is 0 Å². The molecule has 1 aliphatic rings. The lowest BCUT2D eigenvalue weighted by atomic mass is 9.96. The van der Waals surface area contributed by atoms with Crippen LogP contribution in [0.4, 0.5) is 0 Å². The Balaban J connectivity index is 1.90. The van der Waals surface area contributed by atoms with Gasteiger partial charge in [0.05, 0.1) is 0 Å². The van der Waals surface area contributed by atoms with E-state index in [-0.39, 0.29) is 17.2 Å². The zero-order valence-electron chi connectivity index (χ0n) is 11.1. The van der Waals surface area contributed by atoms with Crippen LogP contribution in [0.2, 0.25) is 0 Å². The average molecular weight is 252 g/mol. The van der Waals surface area contributed by atoms with Gasteiger partial charge in [-0.25, -0.2) is 0 Å². The number of hydrogen-bond donors (Lipinski definition) is 2. The molecule has 1 atom stereocenters. The van der Waals surface area contributed by atoms with Crippen molar-refractivity contribution < 1.29 is 9.32 Å². The molecule has 1 amide bonds. The topological polar surface area (TPSA) is 80.0 Å². The maximum Gasteiger partial charge on any atom is 0.315 e. The number of nitrogens with zero attached hydrogens (tertiary/aromatic N) is 2. The monoisotopic (exact) mass is 252 g/mol. The predicted molar refractivity (Wildman–Crippen MR) is 66.4 cm³/mol. The summed E-state index contributed by atoms with van der Waals surface area (Å²) in [6, 6.07) is 0.360. The van der Waals surface area contributed by atoms with Gasteiger partial charge in [-0.2, -0.15) is 4.98 Å². The zero-order chi connectivity index (χ0) is 13.2. The molecule has 1 unspecified atom stereocenters. The molecule has 100 valence electrons. The quantitative estimate of drug-likeness (QED) is 0.833. The fourth-order valence-electron chi connectivity index (χ4n) is 1.84. The number of amides is 1. The van der Waals surface area contributed by atoms with E-state index in [0.29, 0.717) is 18.4 Å². The van der Waals surface area contributed by atoms with Gasteiger partial charge in [-0.05, 0) is 19.4 Å². The molecule has 0 aliphatic carbocycles. The Morgan fingerprint density at radius 2 is 2.33 bits per heavy atom. The van der Waals surface area contributed by atoms with Crippen molar-refractivity contribution in [3.63, 3.8) is 0 Å². The molecule has 1 saturated heterocycles. The number of aromatic nitrogens is 2. The molecule has 2 rings (SSSR count). The average Bonchev–Trinajstić information content (AvgIpc) is 2.96. The van der Waals surface area contributed by atoms with E-state index in [0.717, 1.165) is 19.4 Å². The maximum absolute atomic E-state index is 11.8. The van der Waals surface area contributed by atoms with Crippen molar-refractivity contribution in [2.45, 2.75) is 45.1 Å². The molecule has 1 fully saturated rings. The van der Waals surface area contributed by atoms with Crippen molar-refractivity contribution in [2.24, 2.45) is 0 Å². The van der Waals surface area contributed by atoms with Crippen molar-refractivity contribution in [3.05, 3.63) is 11.7 Å². The van der Waals surface area contributed by atoms with E-state index in [9.17, 15) is 4.79 Å². The Labute approximate surface area is 107 Å². The van der Waals surface area contributed by atoms with Gasteiger partial charge in [0.2, 0.25) is 0 Å². The molecule has 0 bridgehead atoms. The highest BCUT2D eigenvalue weighted by molar-refractivity contribution is 5.89. The summed E-state index contributed by atoms with van der Waals surface area (Å²) in [5.41, 5.74) is -0.213. The van der Waals surface area contributed by atoms with Crippen molar-refractivity contribution in [3.8, 4) is 0 Å². The zero-order valence-corrected chi connectivity index (χ0v) is 11.1. The molecule has 1 aromatic rings. The molecule has 6 heteroatoms. The lowest BCUT2D eigenvalue weighted by Gasteiger charge is -2.11. The predicted octanol–water partition coefficient (Wildman–Crippen LogP) is 0.849. The standard InChI is InChI=1S/C12H20N4O2/c1-12(2,3)11-15-10(18-16-11)9(17)14-7-8-5-4-6-13-8/h8,13H,4-7H2,1-3H3,(H,14,17). The summed E-state index contributed by atoms with van der Waals surface area (Å²) in [5, 5.41) is 9.95. The van der Waals surface area contributed by atoms with Crippen LogP contribution in [0.5, 0.6) is 0 Å². The van der Waals surface area contributed by atoms with Gasteiger partial charge in [-0.3, -0.25) is 4.79 Å². The summed E-state index contributed by atoms with van der Waals surface area (Å²) < 4.78 is 4.97. The molecule has 0 saturated carbocycles. The Kier molecular flexibility index (Phi) is 3.65. The van der Waals surface area contributed by atoms with Gasteiger partial charge < -0.3 is 15.2 Å². The van der Waals surface area contributed by atoms with Gasteiger partial charge in [0.1, 0.15) is 0 Å². The highest BCUT2D eigenvalue weighted by atomic mass is 16.5. The number of rotatable bonds is 3. The second-order valence-electron chi connectivity index (χ2n) is 5.68. The molecule has 1 aliphatic heterocycles. The summed E-state index contributed by atoms with van der Waals surface area (Å²) in [5.74, 6) is 0.288. The minimum Gasteiger partial charge on any atom is -0.346 e. The Morgan fingerprint density at radius 3 is 2.89 bits per heavy atom. The van der Waals surface area contributed by atoms with Crippen LogP contribution in [0.15, 0.2) is 4.52 Å². The van der Waals surface area contributed by atoms with Gasteiger partial charge in [0, 0.05) is 18.0 Å². The Hall–Kier alpha value is -1.43. The van der Waals surface area contributed by atoms with Crippen molar-refractivity contribution in [2.75, 3.05) is 13.1 Å². The van der Waals surface area contributed by atoms with Crippen molar-refractivity contribution in [1.82, 2.24) is 20.8 Å². The van der Waals surface area contributed by atoms with E-state index in [1.54, 1.807) is 0 Å². The Morgan fingerprint density at radius 1 is 1.56 bits per heavy atom. The lowest BCUT2D eigenvalue weighted by Crippen LogP contribution is -2.37. The van der Waals surface area contributed by atoms with Crippen LogP contribution in [0.1, 0.15) is 50.1 Å². The highest BCUT2D eigenvalue weighted by Gasteiger charge is 2.24. The van der Waals surface area contributed by atoms with Gasteiger partial charge in [0.25, 0.3) is 0 Å². The SMILES string of the molecule is CC(C)(C)c1noc(C(=O)NCC2CCCN2)n1. The largest absolute Gasteiger partial charge is 0.346 e. The van der Waals surface area contributed by atoms with Gasteiger partial charge in [-0.15, -0.1) is 0 Å². The molecule has 0 radical (unpaired) electrons. The van der Waals surface area contributed by atoms with Crippen LogP contribution in [0.25, 0.3) is 0 Å². The summed E-state index contributed by atoms with van der Waals surface area (Å²) >= 11 is 0. The third-order valence-electron chi connectivity index (χ3n) is 2.96. The minimum atomic E-state index is -0.299. The van der Waals surface area contributed by atoms with E-state index in [1.807, 2.05) is 20.8 Å². The summed E-state index contributed by atoms with van der Waals surface area (Å²) in [6.45, 7) is 7.55. The smallest absolute Gasteiger partial charge is 0.315 e. The van der Waals surface area contributed by atoms with Crippen LogP contribution in [-0.4, -0.2) is 35.2 Å². The highest BCUT2D eigenvalue weighted by Crippen LogP contribution is 2.18. The molecule has 1 aromatic heterocycles. The third-order valence-corrected chi connectivity index (χ3v) is 2.96. The molecule has 0 aromatic carbocycles. The number of hydrogen-bond acceptors (Lipinski definition) is 5. The minimum absolute atomic E-state index is 0.0397. The second kappa shape index (κ2) is 5.06. The molecule has 2 N–H and O–H groups in total. The maximum atomic E-state index is 11.8. The number of carbonyl (C=O) groups excluding carboxylic acids is 1. The van der Waals surface area contributed by atoms with Crippen LogP contribution in [-0.2, 0) is 5.41 Å². The molecular weight excluding hydrogens is 232 g/mol. The summed E-state index contributed by atoms with van der Waals surface area (Å²) in [6.07, 6.45) is 2.26. The van der Waals surface area contributed by atoms with Crippen LogP contribution in [0.3, 0.4) is 0 Å². The van der Waals surface area contributed by atoms with Crippen LogP contribution >= 0.6 is 0 Å². The van der Waals surface area contributed by atoms with Crippen LogP contribution in [0, 0.1) is 0 Å². The first-order valence-corrected chi connectivity index (χ1v) is 6.32. The lowest BCUT2D eigenvalue weighted by molar-refractivity contribution is 0.0906. The summed E-state index contributed by atoms with van der Waals surface area (Å²) in [7, 11) is 0. The van der Waals surface area contributed by atoms with Gasteiger partial charge in [-0.1, -0.05) is 25.9 Å². The summed E-state index contributed by atoms with van der Waals surface area (Å²) in [4.78, 5) is 15.9. The fourth-order valence-corrected chi connectivity index (χ4v) is 1.84. The first-order valence-electron chi connectivity index (χ1n) is 6.32. The van der Waals surface area contributed by atoms with E-state index in [1.165, 1.54) is 0 Å². The molecular formula is C12H20N4O2. The molecule has 0 spiro atoms. The molecule has 6 nitrogen and oxygen atoms in total. The van der Waals surface area contributed by atoms with Crippen molar-refractivity contribution in [1.29, 1.82) is 0 Å². The first-order chi connectivity index (χ1) is 8.47. The number of carbonyl (C=O) groups is 1. The third kappa shape index (κ3) is 3.07. The van der Waals surface area contributed by atoms with Gasteiger partial charge in [0.15, 0.2) is 5.82 Å².